The van der Waals surface area contributed by atoms with E-state index < -0.39 is 0 Å². The van der Waals surface area contributed by atoms with Crippen LogP contribution in [0.1, 0.15) is 72.1 Å². The summed E-state index contributed by atoms with van der Waals surface area (Å²) in [7, 11) is 0. The quantitative estimate of drug-likeness (QED) is 0.700. The minimum Gasteiger partial charge on any atom is -0.299 e. The van der Waals surface area contributed by atoms with E-state index in [-0.39, 0.29) is 16.6 Å². The first-order valence-electron chi connectivity index (χ1n) is 10.4. The Bertz CT molecular complexity index is 657. The largest absolute Gasteiger partial charge is 0.299 e. The molecule has 0 bridgehead atoms. The zero-order valence-electron chi connectivity index (χ0n) is 16.0. The lowest BCUT2D eigenvalue weighted by atomic mass is 9.46. The molecule has 25 heavy (non-hydrogen) atoms. The van der Waals surface area contributed by atoms with Crippen molar-refractivity contribution in [1.82, 2.24) is 0 Å². The summed E-state index contributed by atoms with van der Waals surface area (Å²) in [5, 5.41) is 0. The number of allylic oxidation sites excluding steroid dienone is 4. The van der Waals surface area contributed by atoms with Gasteiger partial charge in [0.2, 0.25) is 0 Å². The van der Waals surface area contributed by atoms with Gasteiger partial charge in [0.25, 0.3) is 0 Å². The van der Waals surface area contributed by atoms with Gasteiger partial charge in [0.15, 0.2) is 5.78 Å². The minimum absolute atomic E-state index is 0.0300. The summed E-state index contributed by atoms with van der Waals surface area (Å²) in [5.74, 6) is 3.02. The van der Waals surface area contributed by atoms with Gasteiger partial charge in [-0.05, 0) is 67.9 Å². The number of hydrogen-bond acceptors (Lipinski definition) is 2. The number of unbranched alkanes of at least 4 members (excludes halogenated alkanes) is 1. The number of carbonyl (C=O) groups is 2. The van der Waals surface area contributed by atoms with Crippen LogP contribution in [0.3, 0.4) is 0 Å². The van der Waals surface area contributed by atoms with Gasteiger partial charge in [0, 0.05) is 17.3 Å². The summed E-state index contributed by atoms with van der Waals surface area (Å²) in [4.78, 5) is 24.7. The molecule has 0 aliphatic heterocycles. The third-order valence-corrected chi connectivity index (χ3v) is 8.33. The molecule has 4 aliphatic carbocycles. The normalized spacial score (nSPS) is 45.6. The highest BCUT2D eigenvalue weighted by Gasteiger charge is 2.59. The van der Waals surface area contributed by atoms with Crippen LogP contribution in [-0.4, -0.2) is 11.6 Å². The molecule has 0 aromatic rings. The Morgan fingerprint density at radius 1 is 1.16 bits per heavy atom. The Hall–Kier alpha value is -1.18. The summed E-state index contributed by atoms with van der Waals surface area (Å²) in [6, 6.07) is 0. The van der Waals surface area contributed by atoms with Gasteiger partial charge in [-0.1, -0.05) is 45.3 Å². The lowest BCUT2D eigenvalue weighted by Gasteiger charge is -2.57. The van der Waals surface area contributed by atoms with Crippen LogP contribution in [0.4, 0.5) is 0 Å². The average Bonchev–Trinajstić information content (AvgIpc) is 2.89. The maximum atomic E-state index is 12.6. The van der Waals surface area contributed by atoms with Gasteiger partial charge in [-0.25, -0.2) is 0 Å². The number of carbonyl (C=O) groups excluding carboxylic acids is 2. The van der Waals surface area contributed by atoms with Crippen molar-refractivity contribution in [2.24, 2.45) is 34.5 Å². The molecule has 3 fully saturated rings. The molecular weight excluding hydrogens is 308 g/mol. The highest BCUT2D eigenvalue weighted by atomic mass is 16.1. The van der Waals surface area contributed by atoms with Crippen molar-refractivity contribution in [3.05, 3.63) is 23.8 Å². The fraction of sp³-hybridized carbons (Fsp3) is 0.739. The molecule has 4 aliphatic rings. The molecule has 0 N–H and O–H groups in total. The Morgan fingerprint density at radius 3 is 2.72 bits per heavy atom. The van der Waals surface area contributed by atoms with Gasteiger partial charge >= 0.3 is 0 Å². The fourth-order valence-electron chi connectivity index (χ4n) is 6.91. The maximum Gasteiger partial charge on any atom is 0.178 e. The smallest absolute Gasteiger partial charge is 0.178 e. The monoisotopic (exact) mass is 340 g/mol. The predicted octanol–water partition coefficient (Wildman–Crippen LogP) is 5.28. The Kier molecular flexibility index (Phi) is 4.09. The summed E-state index contributed by atoms with van der Waals surface area (Å²) >= 11 is 0. The van der Waals surface area contributed by atoms with E-state index in [0.717, 1.165) is 25.7 Å². The second-order valence-corrected chi connectivity index (χ2v) is 9.49. The first-order valence-corrected chi connectivity index (χ1v) is 10.4. The Labute approximate surface area is 152 Å². The van der Waals surface area contributed by atoms with E-state index in [1.165, 1.54) is 31.3 Å². The van der Waals surface area contributed by atoms with Crippen molar-refractivity contribution >= 4 is 11.6 Å². The van der Waals surface area contributed by atoms with Crippen molar-refractivity contribution in [2.75, 3.05) is 0 Å². The maximum absolute atomic E-state index is 12.6. The van der Waals surface area contributed by atoms with Crippen LogP contribution in [0.25, 0.3) is 0 Å². The molecule has 0 amide bonds. The first kappa shape index (κ1) is 17.2. The summed E-state index contributed by atoms with van der Waals surface area (Å²) in [5.41, 5.74) is 1.37. The van der Waals surface area contributed by atoms with E-state index in [1.54, 1.807) is 6.08 Å². The molecule has 0 radical (unpaired) electrons. The van der Waals surface area contributed by atoms with Gasteiger partial charge in [-0.2, -0.15) is 0 Å². The molecule has 2 nitrogen and oxygen atoms in total. The van der Waals surface area contributed by atoms with Crippen molar-refractivity contribution in [3.63, 3.8) is 0 Å². The molecular formula is C23H32O2. The molecule has 3 saturated carbocycles. The molecule has 0 unspecified atom stereocenters. The third-order valence-electron chi connectivity index (χ3n) is 8.33. The molecule has 0 aromatic carbocycles. The highest BCUT2D eigenvalue weighted by molar-refractivity contribution is 6.01. The van der Waals surface area contributed by atoms with Crippen LogP contribution >= 0.6 is 0 Å². The number of Topliss-reactive ketones (excluding diaryl/α,β-unsaturated/α-hetero) is 1. The Balaban J connectivity index is 1.73. The zero-order valence-corrected chi connectivity index (χ0v) is 16.0. The van der Waals surface area contributed by atoms with E-state index in [0.29, 0.717) is 29.5 Å². The fourth-order valence-corrected chi connectivity index (χ4v) is 6.91. The standard InChI is InChI=1S/C23H32O2/c1-4-5-6-15-13-17-18-7-8-21(25)23(18,3)12-10-19(17)22(2)11-9-16(24)14-20(15)22/h9,11,14-15,17-19H,4-8,10,12-13H2,1-3H3/t15-,17-,18-,19-,22+,23-/m0/s1. The topological polar surface area (TPSA) is 34.1 Å². The van der Waals surface area contributed by atoms with Crippen LogP contribution in [0, 0.1) is 34.5 Å². The van der Waals surface area contributed by atoms with Crippen molar-refractivity contribution < 1.29 is 9.59 Å². The molecule has 6 atom stereocenters. The zero-order chi connectivity index (χ0) is 17.8. The van der Waals surface area contributed by atoms with E-state index >= 15 is 0 Å². The number of fused-ring (bicyclic) bond motifs is 5. The number of ketones is 2. The number of hydrogen-bond donors (Lipinski definition) is 0. The number of rotatable bonds is 3. The van der Waals surface area contributed by atoms with Crippen LogP contribution < -0.4 is 0 Å². The molecule has 0 heterocycles. The molecule has 4 rings (SSSR count). The Morgan fingerprint density at radius 2 is 1.96 bits per heavy atom. The summed E-state index contributed by atoms with van der Waals surface area (Å²) in [6.45, 7) is 6.87. The van der Waals surface area contributed by atoms with Crippen LogP contribution in [0.2, 0.25) is 0 Å². The molecule has 0 aromatic heterocycles. The van der Waals surface area contributed by atoms with Crippen LogP contribution in [-0.2, 0) is 9.59 Å². The molecule has 0 spiro atoms. The van der Waals surface area contributed by atoms with Gasteiger partial charge in [-0.3, -0.25) is 9.59 Å². The van der Waals surface area contributed by atoms with Crippen molar-refractivity contribution in [3.8, 4) is 0 Å². The molecule has 136 valence electrons. The predicted molar refractivity (Wildman–Crippen MR) is 100 cm³/mol. The second kappa shape index (κ2) is 5.93. The third kappa shape index (κ3) is 2.43. The van der Waals surface area contributed by atoms with Crippen LogP contribution in [0.15, 0.2) is 23.8 Å². The van der Waals surface area contributed by atoms with Gasteiger partial charge in [0.1, 0.15) is 5.78 Å². The summed E-state index contributed by atoms with van der Waals surface area (Å²) < 4.78 is 0. The van der Waals surface area contributed by atoms with Crippen molar-refractivity contribution in [2.45, 2.75) is 72.1 Å². The average molecular weight is 341 g/mol. The van der Waals surface area contributed by atoms with E-state index in [2.05, 4.69) is 26.8 Å². The van der Waals surface area contributed by atoms with E-state index in [4.69, 9.17) is 0 Å². The van der Waals surface area contributed by atoms with Crippen molar-refractivity contribution in [1.29, 1.82) is 0 Å². The van der Waals surface area contributed by atoms with Gasteiger partial charge in [-0.15, -0.1) is 0 Å². The second-order valence-electron chi connectivity index (χ2n) is 9.49. The lowest BCUT2D eigenvalue weighted by Crippen LogP contribution is -2.51. The molecule has 2 heteroatoms. The first-order chi connectivity index (χ1) is 11.9. The van der Waals surface area contributed by atoms with E-state index in [1.807, 2.05) is 6.08 Å². The SMILES string of the molecule is CCCC[C@H]1C[C@@H]2[C@H](CC[C@]3(C)C(=O)CC[C@@H]23)[C@@]2(C)C=CC(=O)C=C12. The van der Waals surface area contributed by atoms with Crippen LogP contribution in [0.5, 0.6) is 0 Å². The summed E-state index contributed by atoms with van der Waals surface area (Å²) in [6.07, 6.45) is 14.9. The van der Waals surface area contributed by atoms with E-state index in [9.17, 15) is 9.59 Å². The minimum atomic E-state index is -0.0672. The lowest BCUT2D eigenvalue weighted by molar-refractivity contribution is -0.132. The van der Waals surface area contributed by atoms with Gasteiger partial charge < -0.3 is 0 Å². The highest BCUT2D eigenvalue weighted by Crippen LogP contribution is 2.65. The van der Waals surface area contributed by atoms with Gasteiger partial charge in [0.05, 0.1) is 0 Å². The molecule has 0 saturated heterocycles.